The first kappa shape index (κ1) is 52.7. The number of hydrogen-bond acceptors (Lipinski definition) is 12. The van der Waals surface area contributed by atoms with E-state index >= 15 is 0 Å². The minimum atomic E-state index is -1.88. The number of carbonyl (C=O) groups excluding carboxylic acids is 7. The summed E-state index contributed by atoms with van der Waals surface area (Å²) < 4.78 is 0. The second-order valence-corrected chi connectivity index (χ2v) is 14.9. The summed E-state index contributed by atoms with van der Waals surface area (Å²) in [6.07, 6.45) is -1.01. The van der Waals surface area contributed by atoms with Crippen molar-refractivity contribution in [2.45, 2.75) is 114 Å². The Labute approximate surface area is 368 Å². The summed E-state index contributed by atoms with van der Waals surface area (Å²) in [7, 11) is 0. The number of carbonyl (C=O) groups is 9. The van der Waals surface area contributed by atoms with Crippen molar-refractivity contribution in [3.63, 3.8) is 0 Å². The number of hydrogen-bond donors (Lipinski definition) is 14. The van der Waals surface area contributed by atoms with Gasteiger partial charge in [-0.3, -0.25) is 48.6 Å². The highest BCUT2D eigenvalue weighted by Gasteiger charge is 2.34. The molecule has 0 heterocycles. The van der Waals surface area contributed by atoms with Crippen LogP contribution in [0.3, 0.4) is 0 Å². The third kappa shape index (κ3) is 19.9. The third-order valence-electron chi connectivity index (χ3n) is 9.50. The van der Waals surface area contributed by atoms with E-state index in [1.165, 1.54) is 48.5 Å². The first-order chi connectivity index (χ1) is 30.2. The number of nitrogens with one attached hydrogen (secondary N) is 8. The molecule has 64 heavy (non-hydrogen) atoms. The Morgan fingerprint density at radius 3 is 1.39 bits per heavy atom. The van der Waals surface area contributed by atoms with Crippen molar-refractivity contribution in [3.8, 4) is 11.5 Å². The molecular weight excluding hydrogens is 841 g/mol. The third-order valence-corrected chi connectivity index (χ3v) is 9.50. The minimum Gasteiger partial charge on any atom is -0.508 e. The Kier molecular flexibility index (Phi) is 22.0. The number of phenols is 2. The maximum absolute atomic E-state index is 14.3. The van der Waals surface area contributed by atoms with Gasteiger partial charge in [-0.1, -0.05) is 44.0 Å². The van der Waals surface area contributed by atoms with Crippen molar-refractivity contribution < 1.29 is 63.6 Å². The van der Waals surface area contributed by atoms with E-state index < -0.39 is 109 Å². The van der Waals surface area contributed by atoms with Crippen molar-refractivity contribution in [1.82, 2.24) is 37.2 Å². The van der Waals surface area contributed by atoms with Crippen LogP contribution in [0.4, 0.5) is 0 Å². The SMILES string of the molecule is CCCC[C@H](NC(=O)[C@H](CCCNC(=N)N)NC(=O)[C@H](Cc1ccc(O)cc1)NC(=O)[C@H](Cc1ccc(O)cc1)NC(=O)[C@H](CC(=O)O)NC(=O)[C@H](CCC(=O)O)NC(C)=O)C(N)=O. The van der Waals surface area contributed by atoms with Crippen molar-refractivity contribution in [2.75, 3.05) is 6.54 Å². The zero-order valence-electron chi connectivity index (χ0n) is 35.5. The minimum absolute atomic E-state index is 0.0493. The van der Waals surface area contributed by atoms with Crippen LogP contribution in [-0.2, 0) is 56.0 Å². The molecular formula is C41H58N10O13. The lowest BCUT2D eigenvalue weighted by atomic mass is 10.0. The molecule has 0 aliphatic heterocycles. The molecule has 2 aromatic rings. The number of benzene rings is 2. The van der Waals surface area contributed by atoms with Crippen LogP contribution >= 0.6 is 0 Å². The number of aromatic hydroxyl groups is 2. The van der Waals surface area contributed by atoms with Gasteiger partial charge in [-0.15, -0.1) is 0 Å². The molecule has 0 aliphatic carbocycles. The van der Waals surface area contributed by atoms with E-state index in [-0.39, 0.29) is 56.1 Å². The number of aliphatic carboxylic acids is 2. The number of amides is 7. The Morgan fingerprint density at radius 2 is 0.969 bits per heavy atom. The molecule has 0 unspecified atom stereocenters. The van der Waals surface area contributed by atoms with Gasteiger partial charge in [0.15, 0.2) is 5.96 Å². The summed E-state index contributed by atoms with van der Waals surface area (Å²) in [6.45, 7) is 3.05. The first-order valence-corrected chi connectivity index (χ1v) is 20.3. The molecule has 0 aliphatic rings. The van der Waals surface area contributed by atoms with Gasteiger partial charge in [-0.2, -0.15) is 0 Å². The maximum atomic E-state index is 14.3. The fourth-order valence-corrected chi connectivity index (χ4v) is 6.17. The number of carboxylic acid groups (broad SMARTS) is 2. The van der Waals surface area contributed by atoms with Gasteiger partial charge in [-0.05, 0) is 61.1 Å². The highest BCUT2D eigenvalue weighted by molar-refractivity contribution is 5.98. The second kappa shape index (κ2) is 26.8. The van der Waals surface area contributed by atoms with Gasteiger partial charge in [0.1, 0.15) is 47.8 Å². The van der Waals surface area contributed by atoms with Gasteiger partial charge in [0.25, 0.3) is 0 Å². The molecule has 350 valence electrons. The molecule has 0 bridgehead atoms. The number of nitrogens with two attached hydrogens (primary N) is 2. The molecule has 23 nitrogen and oxygen atoms in total. The Balaban J connectivity index is 2.55. The van der Waals surface area contributed by atoms with E-state index in [1.807, 2.05) is 6.92 Å². The van der Waals surface area contributed by atoms with Crippen LogP contribution in [0.1, 0.15) is 76.3 Å². The summed E-state index contributed by atoms with van der Waals surface area (Å²) in [6, 6.07) is 2.11. The van der Waals surface area contributed by atoms with Crippen molar-refractivity contribution in [3.05, 3.63) is 59.7 Å². The Bertz CT molecular complexity index is 1960. The lowest BCUT2D eigenvalue weighted by Gasteiger charge is -2.27. The van der Waals surface area contributed by atoms with Crippen LogP contribution in [0.25, 0.3) is 0 Å². The average molecular weight is 899 g/mol. The molecule has 2 aromatic carbocycles. The molecule has 0 saturated carbocycles. The molecule has 0 saturated heterocycles. The molecule has 16 N–H and O–H groups in total. The standard InChI is InChI=1S/C41H58N10O13/c1-3-4-6-27(35(42)59)47-36(60)28(7-5-18-45-41(43)44)48-38(62)30(19-23-8-12-25(53)13-9-23)49-39(63)31(20-24-10-14-26(54)15-11-24)50-40(64)32(21-34(57)58)51-37(61)29(46-22(2)52)16-17-33(55)56/h8-15,27-32,53-54H,3-7,16-21H2,1-2H3,(H2,42,59)(H,46,52)(H,47,60)(H,48,62)(H,49,63)(H,50,64)(H,51,61)(H,55,56)(H,57,58)(H4,43,44,45)/t27-,28-,29-,30-,31-,32-/m0/s1. The summed E-state index contributed by atoms with van der Waals surface area (Å²) in [5.41, 5.74) is 11.7. The van der Waals surface area contributed by atoms with Gasteiger partial charge in [0.2, 0.25) is 41.4 Å². The highest BCUT2D eigenvalue weighted by Crippen LogP contribution is 2.15. The van der Waals surface area contributed by atoms with Crippen molar-refractivity contribution in [1.29, 1.82) is 5.41 Å². The molecule has 2 rings (SSSR count). The largest absolute Gasteiger partial charge is 0.508 e. The zero-order chi connectivity index (χ0) is 47.9. The highest BCUT2D eigenvalue weighted by atomic mass is 16.4. The van der Waals surface area contributed by atoms with E-state index in [0.717, 1.165) is 6.92 Å². The smallest absolute Gasteiger partial charge is 0.305 e. The Hall–Kier alpha value is -7.46. The molecule has 23 heteroatoms. The summed E-state index contributed by atoms with van der Waals surface area (Å²) in [5.74, 6) is -9.98. The van der Waals surface area contributed by atoms with Gasteiger partial charge in [-0.25, -0.2) is 0 Å². The van der Waals surface area contributed by atoms with Crippen LogP contribution in [0.5, 0.6) is 11.5 Å². The van der Waals surface area contributed by atoms with Gasteiger partial charge in [0, 0.05) is 32.7 Å². The van der Waals surface area contributed by atoms with E-state index in [2.05, 4.69) is 37.2 Å². The molecule has 7 amide bonds. The number of rotatable bonds is 28. The average Bonchev–Trinajstić information content (AvgIpc) is 3.21. The molecule has 0 aromatic heterocycles. The predicted octanol–water partition coefficient (Wildman–Crippen LogP) is -1.91. The van der Waals surface area contributed by atoms with Crippen LogP contribution in [0.2, 0.25) is 0 Å². The Morgan fingerprint density at radius 1 is 0.562 bits per heavy atom. The number of unbranched alkanes of at least 4 members (excludes halogenated alkanes) is 1. The number of carboxylic acids is 2. The molecule has 6 atom stereocenters. The second-order valence-electron chi connectivity index (χ2n) is 14.9. The van der Waals surface area contributed by atoms with E-state index in [4.69, 9.17) is 22.0 Å². The van der Waals surface area contributed by atoms with E-state index in [0.29, 0.717) is 24.0 Å². The first-order valence-electron chi connectivity index (χ1n) is 20.3. The van der Waals surface area contributed by atoms with Crippen molar-refractivity contribution >= 4 is 59.2 Å². The molecule has 0 fully saturated rings. The molecule has 0 radical (unpaired) electrons. The quantitative estimate of drug-likeness (QED) is 0.0252. The fourth-order valence-electron chi connectivity index (χ4n) is 6.17. The van der Waals surface area contributed by atoms with Crippen LogP contribution in [0, 0.1) is 5.41 Å². The van der Waals surface area contributed by atoms with E-state index in [9.17, 15) is 58.5 Å². The van der Waals surface area contributed by atoms with Gasteiger partial charge >= 0.3 is 11.9 Å². The number of phenolic OH excluding ortho intramolecular Hbond substituents is 2. The lowest BCUT2D eigenvalue weighted by molar-refractivity contribution is -0.141. The number of primary amides is 1. The van der Waals surface area contributed by atoms with Crippen LogP contribution in [0.15, 0.2) is 48.5 Å². The fraction of sp³-hybridized carbons (Fsp3) is 0.463. The zero-order valence-corrected chi connectivity index (χ0v) is 35.5. The topological polar surface area (TPSA) is 395 Å². The monoisotopic (exact) mass is 898 g/mol. The van der Waals surface area contributed by atoms with Gasteiger partial charge in [0.05, 0.1) is 6.42 Å². The van der Waals surface area contributed by atoms with Crippen molar-refractivity contribution in [2.24, 2.45) is 11.5 Å². The van der Waals surface area contributed by atoms with Crippen LogP contribution in [-0.4, -0.2) is 122 Å². The molecule has 0 spiro atoms. The van der Waals surface area contributed by atoms with E-state index in [1.54, 1.807) is 0 Å². The summed E-state index contributed by atoms with van der Waals surface area (Å²) >= 11 is 0. The van der Waals surface area contributed by atoms with Gasteiger partial charge < -0.3 is 69.1 Å². The predicted molar refractivity (Wildman–Crippen MR) is 228 cm³/mol. The summed E-state index contributed by atoms with van der Waals surface area (Å²) in [5, 5.41) is 63.2. The summed E-state index contributed by atoms with van der Waals surface area (Å²) in [4.78, 5) is 116. The normalized spacial score (nSPS) is 13.5. The van der Waals surface area contributed by atoms with Crippen LogP contribution < -0.4 is 48.7 Å². The lowest BCUT2D eigenvalue weighted by Crippen LogP contribution is -2.60. The number of guanidine groups is 1. The maximum Gasteiger partial charge on any atom is 0.305 e.